The molecule has 1 saturated carbocycles. The van der Waals surface area contributed by atoms with Gasteiger partial charge in [0.1, 0.15) is 5.82 Å². The molecule has 0 heterocycles. The molecular weight excluding hydrogens is 475 g/mol. The van der Waals surface area contributed by atoms with E-state index in [2.05, 4.69) is 15.6 Å². The van der Waals surface area contributed by atoms with E-state index in [1.165, 1.54) is 18.0 Å². The quantitative estimate of drug-likeness (QED) is 0.248. The number of aliphatic imine (C=N–C) groups is 1. The van der Waals surface area contributed by atoms with Crippen LogP contribution in [0, 0.1) is 5.82 Å². The minimum atomic E-state index is -4.20. The second kappa shape index (κ2) is 10.4. The minimum absolute atomic E-state index is 0. The second-order valence-corrected chi connectivity index (χ2v) is 6.77. The Morgan fingerprint density at radius 3 is 2.52 bits per heavy atom. The number of hydrogen-bond acceptors (Lipinski definition) is 2. The monoisotopic (exact) mass is 502 g/mol. The van der Waals surface area contributed by atoms with Gasteiger partial charge in [-0.05, 0) is 44.5 Å². The third-order valence-electron chi connectivity index (χ3n) is 4.41. The molecule has 2 rings (SSSR count). The van der Waals surface area contributed by atoms with Gasteiger partial charge in [0.05, 0.1) is 13.1 Å². The molecule has 2 N–H and O–H groups in total. The highest BCUT2D eigenvalue weighted by atomic mass is 127. The molecule has 0 bridgehead atoms. The summed E-state index contributed by atoms with van der Waals surface area (Å²) < 4.78 is 50.5. The number of guanidine groups is 1. The zero-order valence-corrected chi connectivity index (χ0v) is 17.9. The first-order valence-corrected chi connectivity index (χ1v) is 8.78. The third-order valence-corrected chi connectivity index (χ3v) is 4.41. The van der Waals surface area contributed by atoms with Crippen LogP contribution < -0.4 is 10.6 Å². The van der Waals surface area contributed by atoms with Gasteiger partial charge >= 0.3 is 6.18 Å². The first-order chi connectivity index (χ1) is 12.2. The van der Waals surface area contributed by atoms with E-state index >= 15 is 0 Å². The predicted molar refractivity (Wildman–Crippen MR) is 110 cm³/mol. The van der Waals surface area contributed by atoms with Crippen molar-refractivity contribution in [3.05, 3.63) is 35.6 Å². The van der Waals surface area contributed by atoms with Crippen molar-refractivity contribution in [2.24, 2.45) is 4.99 Å². The van der Waals surface area contributed by atoms with Gasteiger partial charge in [0, 0.05) is 25.0 Å². The Bertz CT molecular complexity index is 618. The Morgan fingerprint density at radius 1 is 1.26 bits per heavy atom. The van der Waals surface area contributed by atoms with Gasteiger partial charge in [0.25, 0.3) is 0 Å². The van der Waals surface area contributed by atoms with E-state index in [1.807, 2.05) is 13.0 Å². The van der Waals surface area contributed by atoms with Crippen molar-refractivity contribution in [3.63, 3.8) is 0 Å². The molecule has 0 saturated heterocycles. The number of benzene rings is 1. The lowest BCUT2D eigenvalue weighted by Crippen LogP contribution is -2.42. The van der Waals surface area contributed by atoms with Crippen molar-refractivity contribution >= 4 is 29.9 Å². The molecular formula is C18H27F4IN4. The summed E-state index contributed by atoms with van der Waals surface area (Å²) in [5.74, 6) is 0.311. The number of hydrogen-bond donors (Lipinski definition) is 2. The molecule has 1 fully saturated rings. The fourth-order valence-corrected chi connectivity index (χ4v) is 2.83. The Balaban J connectivity index is 0.00000364. The summed E-state index contributed by atoms with van der Waals surface area (Å²) in [6.07, 6.45) is -2.29. The van der Waals surface area contributed by atoms with Gasteiger partial charge in [0.2, 0.25) is 0 Å². The maximum Gasteiger partial charge on any atom is 0.401 e. The predicted octanol–water partition coefficient (Wildman–Crippen LogP) is 3.52. The van der Waals surface area contributed by atoms with Crippen LogP contribution in [0.3, 0.4) is 0 Å². The number of alkyl halides is 3. The van der Waals surface area contributed by atoms with E-state index in [0.29, 0.717) is 25.6 Å². The van der Waals surface area contributed by atoms with Gasteiger partial charge in [-0.1, -0.05) is 12.1 Å². The van der Waals surface area contributed by atoms with Gasteiger partial charge in [-0.3, -0.25) is 9.89 Å². The average molecular weight is 502 g/mol. The number of rotatable bonds is 8. The summed E-state index contributed by atoms with van der Waals surface area (Å²) in [6.45, 7) is 2.75. The molecule has 1 aliphatic rings. The molecule has 0 unspecified atom stereocenters. The van der Waals surface area contributed by atoms with Crippen LogP contribution in [0.2, 0.25) is 0 Å². The number of nitrogens with one attached hydrogen (secondary N) is 2. The molecule has 4 nitrogen and oxygen atoms in total. The van der Waals surface area contributed by atoms with E-state index in [9.17, 15) is 17.6 Å². The highest BCUT2D eigenvalue weighted by molar-refractivity contribution is 14.0. The van der Waals surface area contributed by atoms with Gasteiger partial charge in [0.15, 0.2) is 5.96 Å². The molecule has 1 aromatic carbocycles. The topological polar surface area (TPSA) is 39.7 Å². The van der Waals surface area contributed by atoms with Crippen LogP contribution in [0.1, 0.15) is 25.3 Å². The molecule has 0 atom stereocenters. The van der Waals surface area contributed by atoms with Crippen LogP contribution in [0.4, 0.5) is 17.6 Å². The summed E-state index contributed by atoms with van der Waals surface area (Å²) in [7, 11) is 1.43. The molecule has 0 radical (unpaired) electrons. The molecule has 0 aliphatic heterocycles. The first-order valence-electron chi connectivity index (χ1n) is 8.78. The highest BCUT2D eigenvalue weighted by Gasteiger charge is 2.44. The Kier molecular flexibility index (Phi) is 9.26. The number of likely N-dealkylation sites (N-methyl/N-ethyl adjacent to an activating group) is 1. The number of halogens is 5. The molecule has 1 aliphatic carbocycles. The maximum atomic E-state index is 13.5. The maximum absolute atomic E-state index is 13.5. The summed E-state index contributed by atoms with van der Waals surface area (Å²) in [5.41, 5.74) is 0.819. The number of nitrogens with zero attached hydrogens (tertiary/aromatic N) is 2. The first kappa shape index (κ1) is 23.9. The Labute approximate surface area is 174 Å². The molecule has 0 aromatic heterocycles. The van der Waals surface area contributed by atoms with E-state index < -0.39 is 12.7 Å². The summed E-state index contributed by atoms with van der Waals surface area (Å²) >= 11 is 0. The van der Waals surface area contributed by atoms with Gasteiger partial charge in [-0.2, -0.15) is 13.2 Å². The fraction of sp³-hybridized carbons (Fsp3) is 0.611. The van der Waals surface area contributed by atoms with Crippen LogP contribution in [0.5, 0.6) is 0 Å². The normalized spacial score (nSPS) is 16.0. The molecule has 1 aromatic rings. The zero-order valence-electron chi connectivity index (χ0n) is 15.6. The van der Waals surface area contributed by atoms with Crippen LogP contribution in [-0.4, -0.2) is 56.8 Å². The van der Waals surface area contributed by atoms with Crippen LogP contribution in [-0.2, 0) is 5.41 Å². The van der Waals surface area contributed by atoms with Gasteiger partial charge in [-0.25, -0.2) is 4.39 Å². The molecule has 27 heavy (non-hydrogen) atoms. The van der Waals surface area contributed by atoms with Gasteiger partial charge < -0.3 is 10.6 Å². The van der Waals surface area contributed by atoms with Crippen molar-refractivity contribution in [1.29, 1.82) is 0 Å². The lowest BCUT2D eigenvalue weighted by molar-refractivity contribution is -0.142. The average Bonchev–Trinajstić information content (AvgIpc) is 3.32. The summed E-state index contributed by atoms with van der Waals surface area (Å²) in [4.78, 5) is 5.77. The highest BCUT2D eigenvalue weighted by Crippen LogP contribution is 2.48. The van der Waals surface area contributed by atoms with Crippen molar-refractivity contribution < 1.29 is 17.6 Å². The Morgan fingerprint density at radius 2 is 1.96 bits per heavy atom. The molecule has 154 valence electrons. The van der Waals surface area contributed by atoms with E-state index in [1.54, 1.807) is 12.1 Å². The Hall–Kier alpha value is -1.10. The van der Waals surface area contributed by atoms with Gasteiger partial charge in [-0.15, -0.1) is 24.0 Å². The van der Waals surface area contributed by atoms with Crippen molar-refractivity contribution in [2.75, 3.05) is 39.8 Å². The third kappa shape index (κ3) is 8.20. The van der Waals surface area contributed by atoms with E-state index in [-0.39, 0.29) is 41.8 Å². The molecule has 0 spiro atoms. The van der Waals surface area contributed by atoms with Crippen LogP contribution in [0.25, 0.3) is 0 Å². The van der Waals surface area contributed by atoms with Crippen molar-refractivity contribution in [1.82, 2.24) is 15.5 Å². The summed E-state index contributed by atoms with van der Waals surface area (Å²) in [6, 6.07) is 6.59. The lowest BCUT2D eigenvalue weighted by atomic mass is 9.96. The molecule has 0 amide bonds. The summed E-state index contributed by atoms with van der Waals surface area (Å²) in [5, 5.41) is 6.15. The van der Waals surface area contributed by atoms with Crippen LogP contribution >= 0.6 is 24.0 Å². The minimum Gasteiger partial charge on any atom is -0.357 e. The zero-order chi connectivity index (χ0) is 19.2. The standard InChI is InChI=1S/C18H26F4N4.HI/c1-3-23-16(24-9-10-26(2)13-18(20,21)22)25-12-17(7-8-17)14-5-4-6-15(19)11-14;/h4-6,11H,3,7-10,12-13H2,1-2H3,(H2,23,24,25);1H. The van der Waals surface area contributed by atoms with Crippen LogP contribution in [0.15, 0.2) is 29.3 Å². The second-order valence-electron chi connectivity index (χ2n) is 6.77. The fourth-order valence-electron chi connectivity index (χ4n) is 2.83. The SMILES string of the molecule is CCNC(=NCC1(c2cccc(F)c2)CC1)NCCN(C)CC(F)(F)F.I. The smallest absolute Gasteiger partial charge is 0.357 e. The lowest BCUT2D eigenvalue weighted by Gasteiger charge is -2.20. The van der Waals surface area contributed by atoms with E-state index in [4.69, 9.17) is 0 Å². The van der Waals surface area contributed by atoms with Crippen molar-refractivity contribution in [3.8, 4) is 0 Å². The largest absolute Gasteiger partial charge is 0.401 e. The molecule has 9 heteroatoms. The van der Waals surface area contributed by atoms with Crippen molar-refractivity contribution in [2.45, 2.75) is 31.4 Å². The van der Waals surface area contributed by atoms with E-state index in [0.717, 1.165) is 18.4 Å².